The van der Waals surface area contributed by atoms with Crippen molar-refractivity contribution >= 4 is 29.7 Å². The summed E-state index contributed by atoms with van der Waals surface area (Å²) in [5, 5.41) is 19.7. The summed E-state index contributed by atoms with van der Waals surface area (Å²) in [6.07, 6.45) is 2.43. The predicted octanol–water partition coefficient (Wildman–Crippen LogP) is 4.77. The Balaban J connectivity index is 2.39. The van der Waals surface area contributed by atoms with Crippen molar-refractivity contribution in [1.82, 2.24) is 4.90 Å². The summed E-state index contributed by atoms with van der Waals surface area (Å²) in [5.41, 5.74) is 2.17. The zero-order valence-corrected chi connectivity index (χ0v) is 19.2. The highest BCUT2D eigenvalue weighted by Gasteiger charge is 2.28. The normalized spacial score (nSPS) is 17.1. The number of thioether (sulfide) groups is 1. The third-order valence-electron chi connectivity index (χ3n) is 4.98. The molecule has 1 fully saturated rings. The molecule has 0 bridgehead atoms. The van der Waals surface area contributed by atoms with E-state index in [4.69, 9.17) is 5.11 Å². The van der Waals surface area contributed by atoms with E-state index >= 15 is 0 Å². The number of nitrogens with zero attached hydrogens (tertiary/aromatic N) is 1. The van der Waals surface area contributed by atoms with Crippen LogP contribution in [0.3, 0.4) is 0 Å². The lowest BCUT2D eigenvalue weighted by molar-refractivity contribution is -0.137. The number of phenols is 1. The number of phenolic OH excluding ortho intramolecular Hbond substituents is 1. The van der Waals surface area contributed by atoms with E-state index < -0.39 is 5.97 Å². The van der Waals surface area contributed by atoms with Crippen LogP contribution in [0, 0.1) is 0 Å². The third-order valence-corrected chi connectivity index (χ3v) is 5.97. The molecule has 1 aromatic carbocycles. The minimum absolute atomic E-state index is 0.0469. The van der Waals surface area contributed by atoms with Crippen LogP contribution in [-0.4, -0.2) is 45.8 Å². The van der Waals surface area contributed by atoms with Crippen LogP contribution in [-0.2, 0) is 20.4 Å². The highest BCUT2D eigenvalue weighted by atomic mass is 32.2. The van der Waals surface area contributed by atoms with Gasteiger partial charge < -0.3 is 15.1 Å². The molecule has 0 atom stereocenters. The van der Waals surface area contributed by atoms with E-state index in [2.05, 4.69) is 41.5 Å². The molecular weight excluding hydrogens is 386 g/mol. The molecule has 1 aliphatic heterocycles. The fourth-order valence-corrected chi connectivity index (χ4v) is 4.36. The lowest BCUT2D eigenvalue weighted by atomic mass is 9.78. The number of carbonyl (C=O) groups excluding carboxylic acids is 1. The van der Waals surface area contributed by atoms with E-state index in [1.54, 1.807) is 4.90 Å². The largest absolute Gasteiger partial charge is 0.507 e. The smallest absolute Gasteiger partial charge is 0.303 e. The number of rotatable bonds is 5. The predicted molar refractivity (Wildman–Crippen MR) is 119 cm³/mol. The van der Waals surface area contributed by atoms with Gasteiger partial charge in [-0.1, -0.05) is 41.5 Å². The van der Waals surface area contributed by atoms with Crippen molar-refractivity contribution in [3.8, 4) is 5.75 Å². The minimum atomic E-state index is -0.840. The second-order valence-electron chi connectivity index (χ2n) is 9.61. The van der Waals surface area contributed by atoms with Crippen LogP contribution in [0.15, 0.2) is 17.0 Å². The molecule has 0 saturated carbocycles. The van der Waals surface area contributed by atoms with Gasteiger partial charge in [0.1, 0.15) is 5.75 Å². The first-order valence-electron chi connectivity index (χ1n) is 10.0. The molecule has 160 valence electrons. The summed E-state index contributed by atoms with van der Waals surface area (Å²) in [5.74, 6) is 0.230. The van der Waals surface area contributed by atoms with E-state index in [9.17, 15) is 14.7 Å². The first kappa shape index (κ1) is 23.3. The second kappa shape index (κ2) is 8.82. The summed E-state index contributed by atoms with van der Waals surface area (Å²) in [6.45, 7) is 13.5. The molecular formula is C23H33NO4S. The maximum Gasteiger partial charge on any atom is 0.303 e. The molecule has 6 heteroatoms. The Labute approximate surface area is 178 Å². The molecule has 1 saturated heterocycles. The number of benzene rings is 1. The van der Waals surface area contributed by atoms with Gasteiger partial charge in [-0.3, -0.25) is 9.59 Å². The second-order valence-corrected chi connectivity index (χ2v) is 10.7. The van der Waals surface area contributed by atoms with Gasteiger partial charge in [0.15, 0.2) is 0 Å². The van der Waals surface area contributed by atoms with Crippen LogP contribution in [0.4, 0.5) is 0 Å². The number of hydrogen-bond donors (Lipinski definition) is 2. The van der Waals surface area contributed by atoms with E-state index in [-0.39, 0.29) is 23.2 Å². The Morgan fingerprint density at radius 3 is 2.17 bits per heavy atom. The standard InChI is InChI=1S/C23H33NO4S/c1-22(2,3)16-12-15(13-17(20(16)27)23(4,5)6)14-18-21(28)24(10-11-29-18)9-7-8-19(25)26/h12-14,27H,7-11H2,1-6H3,(H,25,26)/b18-14+. The highest BCUT2D eigenvalue weighted by Crippen LogP contribution is 2.40. The molecule has 2 rings (SSSR count). The molecule has 1 heterocycles. The SMILES string of the molecule is CC(C)(C)c1cc(/C=C2/SCCN(CCCC(=O)O)C2=O)cc(C(C)(C)C)c1O. The maximum atomic E-state index is 12.9. The van der Waals surface area contributed by atoms with Gasteiger partial charge in [0.05, 0.1) is 4.91 Å². The van der Waals surface area contributed by atoms with Gasteiger partial charge in [0.2, 0.25) is 0 Å². The fourth-order valence-electron chi connectivity index (χ4n) is 3.36. The number of aliphatic carboxylic acids is 1. The van der Waals surface area contributed by atoms with Gasteiger partial charge in [-0.2, -0.15) is 0 Å². The average molecular weight is 420 g/mol. The Bertz CT molecular complexity index is 780. The lowest BCUT2D eigenvalue weighted by Crippen LogP contribution is -2.37. The van der Waals surface area contributed by atoms with Crippen LogP contribution in [0.5, 0.6) is 5.75 Å². The Kier molecular flexibility index (Phi) is 7.10. The van der Waals surface area contributed by atoms with Crippen molar-refractivity contribution < 1.29 is 19.8 Å². The van der Waals surface area contributed by atoms with Crippen molar-refractivity contribution in [2.24, 2.45) is 0 Å². The van der Waals surface area contributed by atoms with Crippen LogP contribution in [0.25, 0.3) is 6.08 Å². The lowest BCUT2D eigenvalue weighted by Gasteiger charge is -2.29. The summed E-state index contributed by atoms with van der Waals surface area (Å²) in [7, 11) is 0. The Hall–Kier alpha value is -1.95. The molecule has 1 aromatic rings. The van der Waals surface area contributed by atoms with Gasteiger partial charge in [-0.15, -0.1) is 11.8 Å². The van der Waals surface area contributed by atoms with Gasteiger partial charge >= 0.3 is 5.97 Å². The third kappa shape index (κ3) is 6.01. The van der Waals surface area contributed by atoms with Crippen molar-refractivity contribution in [2.45, 2.75) is 65.2 Å². The monoisotopic (exact) mass is 419 g/mol. The zero-order valence-electron chi connectivity index (χ0n) is 18.3. The van der Waals surface area contributed by atoms with Crippen molar-refractivity contribution in [2.75, 3.05) is 18.8 Å². The van der Waals surface area contributed by atoms with Crippen molar-refractivity contribution in [3.63, 3.8) is 0 Å². The molecule has 2 N–H and O–H groups in total. The average Bonchev–Trinajstić information content (AvgIpc) is 2.57. The molecule has 29 heavy (non-hydrogen) atoms. The first-order chi connectivity index (χ1) is 13.3. The van der Waals surface area contributed by atoms with Gasteiger partial charge in [0.25, 0.3) is 5.91 Å². The number of carboxylic acids is 1. The van der Waals surface area contributed by atoms with Crippen molar-refractivity contribution in [3.05, 3.63) is 33.7 Å². The molecule has 1 aliphatic rings. The molecule has 1 amide bonds. The van der Waals surface area contributed by atoms with Crippen LogP contribution >= 0.6 is 11.8 Å². The van der Waals surface area contributed by atoms with Crippen molar-refractivity contribution in [1.29, 1.82) is 0 Å². The summed E-state index contributed by atoms with van der Waals surface area (Å²) >= 11 is 1.53. The van der Waals surface area contributed by atoms with Crippen LogP contribution in [0.2, 0.25) is 0 Å². The topological polar surface area (TPSA) is 77.8 Å². The molecule has 0 aromatic heterocycles. The van der Waals surface area contributed by atoms with Gasteiger partial charge in [-0.25, -0.2) is 0 Å². The first-order valence-corrected chi connectivity index (χ1v) is 11.0. The minimum Gasteiger partial charge on any atom is -0.507 e. The van der Waals surface area contributed by atoms with Gasteiger partial charge in [-0.05, 0) is 41.0 Å². The number of carboxylic acid groups (broad SMARTS) is 1. The fraction of sp³-hybridized carbons (Fsp3) is 0.565. The van der Waals surface area contributed by atoms with Gasteiger partial charge in [0, 0.05) is 36.4 Å². The number of carbonyl (C=O) groups is 2. The van der Waals surface area contributed by atoms with E-state index in [1.807, 2.05) is 18.2 Å². The highest BCUT2D eigenvalue weighted by molar-refractivity contribution is 8.04. The maximum absolute atomic E-state index is 12.9. The molecule has 0 spiro atoms. The quantitative estimate of drug-likeness (QED) is 0.672. The summed E-state index contributed by atoms with van der Waals surface area (Å²) in [6, 6.07) is 3.93. The zero-order chi connectivity index (χ0) is 22.0. The number of amides is 1. The number of aromatic hydroxyl groups is 1. The molecule has 0 radical (unpaired) electrons. The van der Waals surface area contributed by atoms with E-state index in [0.717, 1.165) is 22.4 Å². The molecule has 5 nitrogen and oxygen atoms in total. The Morgan fingerprint density at radius 2 is 1.69 bits per heavy atom. The number of hydrogen-bond acceptors (Lipinski definition) is 4. The summed E-state index contributed by atoms with van der Waals surface area (Å²) in [4.78, 5) is 26.0. The Morgan fingerprint density at radius 1 is 1.14 bits per heavy atom. The molecule has 0 unspecified atom stereocenters. The van der Waals surface area contributed by atoms with E-state index in [1.165, 1.54) is 11.8 Å². The van der Waals surface area contributed by atoms with Crippen LogP contribution in [0.1, 0.15) is 71.1 Å². The molecule has 0 aliphatic carbocycles. The van der Waals surface area contributed by atoms with Crippen LogP contribution < -0.4 is 0 Å². The van der Waals surface area contributed by atoms with E-state index in [0.29, 0.717) is 30.2 Å². The summed E-state index contributed by atoms with van der Waals surface area (Å²) < 4.78 is 0.